The SMILES string of the molecule is CC(NC(=O)C1CCCC(N)C1)c1nc(-c2cccc(F)c2)no1.Cl. The van der Waals surface area contributed by atoms with Gasteiger partial charge in [0.1, 0.15) is 11.9 Å². The maximum atomic E-state index is 13.3. The third-order valence-electron chi connectivity index (χ3n) is 4.34. The summed E-state index contributed by atoms with van der Waals surface area (Å²) >= 11 is 0. The van der Waals surface area contributed by atoms with Crippen LogP contribution in [0.5, 0.6) is 0 Å². The highest BCUT2D eigenvalue weighted by Gasteiger charge is 2.27. The van der Waals surface area contributed by atoms with E-state index in [1.807, 2.05) is 0 Å². The van der Waals surface area contributed by atoms with E-state index >= 15 is 0 Å². The van der Waals surface area contributed by atoms with Crippen molar-refractivity contribution in [1.82, 2.24) is 15.5 Å². The van der Waals surface area contributed by atoms with Crippen LogP contribution in [0.25, 0.3) is 11.4 Å². The van der Waals surface area contributed by atoms with E-state index in [9.17, 15) is 9.18 Å². The van der Waals surface area contributed by atoms with Crippen LogP contribution in [0.2, 0.25) is 0 Å². The smallest absolute Gasteiger partial charge is 0.249 e. The first kappa shape index (κ1) is 19.3. The van der Waals surface area contributed by atoms with Crippen molar-refractivity contribution in [3.8, 4) is 11.4 Å². The molecule has 1 fully saturated rings. The largest absolute Gasteiger partial charge is 0.344 e. The molecule has 3 N–H and O–H groups in total. The minimum absolute atomic E-state index is 0. The number of nitrogens with zero attached hydrogens (tertiary/aromatic N) is 2. The summed E-state index contributed by atoms with van der Waals surface area (Å²) in [4.78, 5) is 16.6. The number of halogens is 2. The zero-order valence-corrected chi connectivity index (χ0v) is 14.8. The summed E-state index contributed by atoms with van der Waals surface area (Å²) in [5, 5.41) is 6.75. The van der Waals surface area contributed by atoms with Crippen molar-refractivity contribution in [2.45, 2.75) is 44.7 Å². The maximum Gasteiger partial charge on any atom is 0.249 e. The second kappa shape index (κ2) is 8.40. The lowest BCUT2D eigenvalue weighted by atomic mass is 9.85. The summed E-state index contributed by atoms with van der Waals surface area (Å²) in [6.07, 6.45) is 3.50. The van der Waals surface area contributed by atoms with E-state index in [2.05, 4.69) is 15.5 Å². The summed E-state index contributed by atoms with van der Waals surface area (Å²) in [6.45, 7) is 1.78. The molecule has 1 heterocycles. The van der Waals surface area contributed by atoms with Gasteiger partial charge in [-0.1, -0.05) is 23.7 Å². The Morgan fingerprint density at radius 2 is 2.24 bits per heavy atom. The number of hydrogen-bond donors (Lipinski definition) is 2. The predicted octanol–water partition coefficient (Wildman–Crippen LogP) is 2.99. The molecular weight excluding hydrogens is 347 g/mol. The Morgan fingerprint density at radius 3 is 2.96 bits per heavy atom. The van der Waals surface area contributed by atoms with Crippen LogP contribution in [-0.4, -0.2) is 22.1 Å². The topological polar surface area (TPSA) is 94.0 Å². The highest BCUT2D eigenvalue weighted by Crippen LogP contribution is 2.25. The molecule has 0 spiro atoms. The van der Waals surface area contributed by atoms with Crippen molar-refractivity contribution in [3.05, 3.63) is 36.0 Å². The molecule has 6 nitrogen and oxygen atoms in total. The quantitative estimate of drug-likeness (QED) is 0.865. The maximum absolute atomic E-state index is 13.3. The molecule has 1 aromatic carbocycles. The van der Waals surface area contributed by atoms with E-state index in [0.29, 0.717) is 23.7 Å². The lowest BCUT2D eigenvalue weighted by Crippen LogP contribution is -2.38. The number of rotatable bonds is 4. The van der Waals surface area contributed by atoms with Crippen molar-refractivity contribution in [2.24, 2.45) is 11.7 Å². The summed E-state index contributed by atoms with van der Waals surface area (Å²) in [5.41, 5.74) is 6.46. The van der Waals surface area contributed by atoms with Gasteiger partial charge >= 0.3 is 0 Å². The van der Waals surface area contributed by atoms with Crippen LogP contribution in [0, 0.1) is 11.7 Å². The average molecular weight is 369 g/mol. The lowest BCUT2D eigenvalue weighted by Gasteiger charge is -2.26. The van der Waals surface area contributed by atoms with Crippen molar-refractivity contribution < 1.29 is 13.7 Å². The first-order valence-electron chi connectivity index (χ1n) is 8.18. The van der Waals surface area contributed by atoms with Crippen LogP contribution in [0.3, 0.4) is 0 Å². The van der Waals surface area contributed by atoms with E-state index < -0.39 is 6.04 Å². The zero-order chi connectivity index (χ0) is 17.1. The molecule has 0 aliphatic heterocycles. The Morgan fingerprint density at radius 1 is 1.44 bits per heavy atom. The van der Waals surface area contributed by atoms with Gasteiger partial charge in [0.05, 0.1) is 0 Å². The molecule has 25 heavy (non-hydrogen) atoms. The molecule has 0 saturated heterocycles. The molecule has 3 atom stereocenters. The van der Waals surface area contributed by atoms with Gasteiger partial charge in [-0.2, -0.15) is 4.98 Å². The number of carbonyl (C=O) groups excluding carboxylic acids is 1. The summed E-state index contributed by atoms with van der Waals surface area (Å²) < 4.78 is 18.5. The number of carbonyl (C=O) groups is 1. The Labute approximate surface area is 151 Å². The lowest BCUT2D eigenvalue weighted by molar-refractivity contribution is -0.126. The molecule has 2 aromatic rings. The van der Waals surface area contributed by atoms with Gasteiger partial charge in [-0.3, -0.25) is 4.79 Å². The van der Waals surface area contributed by atoms with Gasteiger partial charge in [0.15, 0.2) is 0 Å². The minimum Gasteiger partial charge on any atom is -0.344 e. The highest BCUT2D eigenvalue weighted by atomic mass is 35.5. The molecule has 1 aliphatic rings. The number of amides is 1. The molecule has 3 rings (SSSR count). The molecule has 1 aliphatic carbocycles. The fraction of sp³-hybridized carbons (Fsp3) is 0.471. The Balaban J connectivity index is 0.00000225. The zero-order valence-electron chi connectivity index (χ0n) is 13.9. The van der Waals surface area contributed by atoms with Crippen molar-refractivity contribution >= 4 is 18.3 Å². The van der Waals surface area contributed by atoms with E-state index in [1.165, 1.54) is 12.1 Å². The van der Waals surface area contributed by atoms with Gasteiger partial charge in [-0.25, -0.2) is 4.39 Å². The molecular formula is C17H22ClFN4O2. The fourth-order valence-electron chi connectivity index (χ4n) is 3.01. The first-order valence-corrected chi connectivity index (χ1v) is 8.18. The molecule has 1 aromatic heterocycles. The van der Waals surface area contributed by atoms with Gasteiger partial charge < -0.3 is 15.6 Å². The minimum atomic E-state index is -0.412. The van der Waals surface area contributed by atoms with Crippen molar-refractivity contribution in [1.29, 1.82) is 0 Å². The Bertz CT molecular complexity index is 724. The predicted molar refractivity (Wildman–Crippen MR) is 93.4 cm³/mol. The van der Waals surface area contributed by atoms with Gasteiger partial charge in [0, 0.05) is 17.5 Å². The van der Waals surface area contributed by atoms with Crippen LogP contribution in [0.15, 0.2) is 28.8 Å². The third-order valence-corrected chi connectivity index (χ3v) is 4.34. The average Bonchev–Trinajstić information content (AvgIpc) is 3.05. The monoisotopic (exact) mass is 368 g/mol. The molecule has 136 valence electrons. The van der Waals surface area contributed by atoms with Gasteiger partial charge in [-0.05, 0) is 38.3 Å². The highest BCUT2D eigenvalue weighted by molar-refractivity contribution is 5.85. The fourth-order valence-corrected chi connectivity index (χ4v) is 3.01. The number of nitrogens with one attached hydrogen (secondary N) is 1. The summed E-state index contributed by atoms with van der Waals surface area (Å²) in [7, 11) is 0. The van der Waals surface area contributed by atoms with E-state index in [1.54, 1.807) is 19.1 Å². The molecule has 0 radical (unpaired) electrons. The summed E-state index contributed by atoms with van der Waals surface area (Å²) in [5.74, 6) is 0.117. The number of hydrogen-bond acceptors (Lipinski definition) is 5. The second-order valence-corrected chi connectivity index (χ2v) is 6.32. The Hall–Kier alpha value is -1.99. The standard InChI is InChI=1S/C17H21FN4O2.ClH/c1-10(20-16(23)12-5-3-7-14(19)9-12)17-21-15(22-24-17)11-4-2-6-13(18)8-11;/h2,4,6,8,10,12,14H,3,5,7,9,19H2,1H3,(H,20,23);1H. The van der Waals surface area contributed by atoms with Gasteiger partial charge in [0.2, 0.25) is 17.6 Å². The number of nitrogens with two attached hydrogens (primary N) is 1. The number of aromatic nitrogens is 2. The van der Waals surface area contributed by atoms with Crippen LogP contribution in [0.1, 0.15) is 44.5 Å². The van der Waals surface area contributed by atoms with Crippen LogP contribution in [0.4, 0.5) is 4.39 Å². The number of benzene rings is 1. The normalized spacial score (nSPS) is 21.2. The molecule has 8 heteroatoms. The summed E-state index contributed by atoms with van der Waals surface area (Å²) in [6, 6.07) is 5.64. The molecule has 0 bridgehead atoms. The Kier molecular flexibility index (Phi) is 6.50. The van der Waals surface area contributed by atoms with Gasteiger partial charge in [-0.15, -0.1) is 12.4 Å². The van der Waals surface area contributed by atoms with Crippen LogP contribution < -0.4 is 11.1 Å². The van der Waals surface area contributed by atoms with Crippen LogP contribution in [-0.2, 0) is 4.79 Å². The van der Waals surface area contributed by atoms with E-state index in [-0.39, 0.29) is 36.1 Å². The molecule has 1 saturated carbocycles. The van der Waals surface area contributed by atoms with Crippen molar-refractivity contribution in [2.75, 3.05) is 0 Å². The molecule has 1 amide bonds. The second-order valence-electron chi connectivity index (χ2n) is 6.32. The van der Waals surface area contributed by atoms with Gasteiger partial charge in [0.25, 0.3) is 0 Å². The van der Waals surface area contributed by atoms with Crippen molar-refractivity contribution in [3.63, 3.8) is 0 Å². The molecule has 3 unspecified atom stereocenters. The third kappa shape index (κ3) is 4.76. The van der Waals surface area contributed by atoms with E-state index in [4.69, 9.17) is 10.3 Å². The van der Waals surface area contributed by atoms with Crippen LogP contribution >= 0.6 is 12.4 Å². The van der Waals surface area contributed by atoms with E-state index in [0.717, 1.165) is 19.3 Å². The first-order chi connectivity index (χ1) is 11.5.